The molecule has 0 aliphatic heterocycles. The molecule has 2 rings (SSSR count). The lowest BCUT2D eigenvalue weighted by Gasteiger charge is -2.01. The van der Waals surface area contributed by atoms with Gasteiger partial charge in [-0.1, -0.05) is 36.4 Å². The standard InChI is InChI=1S/C13H13N3O/c14-13-15-9-8-12(16-13)17-10-4-7-11-5-2-1-3-6-11/h1-9H,10H2,(H2,14,15,16)/b7-4+. The number of rotatable bonds is 4. The first-order valence-corrected chi connectivity index (χ1v) is 5.27. The Labute approximate surface area is 99.8 Å². The van der Waals surface area contributed by atoms with Gasteiger partial charge in [0.1, 0.15) is 6.61 Å². The smallest absolute Gasteiger partial charge is 0.223 e. The SMILES string of the molecule is Nc1nccc(OC/C=C/c2ccccc2)n1. The normalized spacial score (nSPS) is 10.6. The third-order valence-electron chi connectivity index (χ3n) is 2.09. The molecular formula is C13H13N3O. The van der Waals surface area contributed by atoms with E-state index in [-0.39, 0.29) is 5.95 Å². The molecule has 2 aromatic rings. The van der Waals surface area contributed by atoms with Gasteiger partial charge in [-0.3, -0.25) is 0 Å². The van der Waals surface area contributed by atoms with Gasteiger partial charge in [-0.2, -0.15) is 4.98 Å². The lowest BCUT2D eigenvalue weighted by atomic mass is 10.2. The van der Waals surface area contributed by atoms with Gasteiger partial charge in [-0.15, -0.1) is 0 Å². The van der Waals surface area contributed by atoms with Crippen molar-refractivity contribution in [3.8, 4) is 5.88 Å². The second kappa shape index (κ2) is 5.65. The van der Waals surface area contributed by atoms with E-state index in [1.54, 1.807) is 12.3 Å². The molecule has 0 atom stereocenters. The molecule has 0 aliphatic carbocycles. The highest BCUT2D eigenvalue weighted by Gasteiger charge is 1.94. The summed E-state index contributed by atoms with van der Waals surface area (Å²) in [5.74, 6) is 0.699. The quantitative estimate of drug-likeness (QED) is 0.869. The van der Waals surface area contributed by atoms with Gasteiger partial charge in [0, 0.05) is 12.3 Å². The summed E-state index contributed by atoms with van der Waals surface area (Å²) in [4.78, 5) is 7.71. The van der Waals surface area contributed by atoms with Gasteiger partial charge < -0.3 is 10.5 Å². The number of hydrogen-bond donors (Lipinski definition) is 1. The van der Waals surface area contributed by atoms with Crippen LogP contribution in [0.25, 0.3) is 6.08 Å². The van der Waals surface area contributed by atoms with Crippen LogP contribution in [0.2, 0.25) is 0 Å². The maximum Gasteiger partial charge on any atom is 0.223 e. The van der Waals surface area contributed by atoms with E-state index in [9.17, 15) is 0 Å². The van der Waals surface area contributed by atoms with Crippen molar-refractivity contribution in [2.45, 2.75) is 0 Å². The van der Waals surface area contributed by atoms with E-state index < -0.39 is 0 Å². The maximum absolute atomic E-state index is 5.43. The molecule has 0 saturated heterocycles. The van der Waals surface area contributed by atoms with Crippen molar-refractivity contribution in [2.24, 2.45) is 0 Å². The van der Waals surface area contributed by atoms with Gasteiger partial charge in [-0.25, -0.2) is 4.98 Å². The van der Waals surface area contributed by atoms with Gasteiger partial charge in [0.2, 0.25) is 11.8 Å². The first kappa shape index (κ1) is 11.1. The third-order valence-corrected chi connectivity index (χ3v) is 2.09. The molecule has 0 fully saturated rings. The molecule has 1 aromatic heterocycles. The van der Waals surface area contributed by atoms with E-state index in [1.165, 1.54) is 0 Å². The van der Waals surface area contributed by atoms with Crippen LogP contribution in [0.1, 0.15) is 5.56 Å². The Hall–Kier alpha value is -2.36. The molecule has 2 N–H and O–H groups in total. The molecular weight excluding hydrogens is 214 g/mol. The number of ether oxygens (including phenoxy) is 1. The zero-order chi connectivity index (χ0) is 11.9. The first-order chi connectivity index (χ1) is 8.34. The predicted molar refractivity (Wildman–Crippen MR) is 67.4 cm³/mol. The minimum Gasteiger partial charge on any atom is -0.473 e. The Bertz CT molecular complexity index is 497. The minimum absolute atomic E-state index is 0.217. The Morgan fingerprint density at radius 1 is 1.18 bits per heavy atom. The zero-order valence-corrected chi connectivity index (χ0v) is 9.28. The second-order valence-electron chi connectivity index (χ2n) is 3.38. The molecule has 4 heteroatoms. The molecule has 17 heavy (non-hydrogen) atoms. The molecule has 0 unspecified atom stereocenters. The van der Waals surface area contributed by atoms with E-state index in [2.05, 4.69) is 9.97 Å². The average Bonchev–Trinajstić information content (AvgIpc) is 2.36. The number of nitrogens with two attached hydrogens (primary N) is 1. The van der Waals surface area contributed by atoms with Crippen molar-refractivity contribution in [3.05, 3.63) is 54.2 Å². The average molecular weight is 227 g/mol. The highest BCUT2D eigenvalue weighted by molar-refractivity contribution is 5.48. The summed E-state index contributed by atoms with van der Waals surface area (Å²) >= 11 is 0. The number of aromatic nitrogens is 2. The van der Waals surface area contributed by atoms with Crippen LogP contribution in [0, 0.1) is 0 Å². The van der Waals surface area contributed by atoms with Crippen molar-refractivity contribution in [1.82, 2.24) is 9.97 Å². The molecule has 0 aliphatic rings. The van der Waals surface area contributed by atoms with Crippen LogP contribution >= 0.6 is 0 Å². The Morgan fingerprint density at radius 2 is 2.00 bits per heavy atom. The summed E-state index contributed by atoms with van der Waals surface area (Å²) in [5, 5.41) is 0. The van der Waals surface area contributed by atoms with E-state index in [0.717, 1.165) is 5.56 Å². The molecule has 0 amide bonds. The summed E-state index contributed by atoms with van der Waals surface area (Å²) in [6, 6.07) is 11.7. The fraction of sp³-hybridized carbons (Fsp3) is 0.0769. The van der Waals surface area contributed by atoms with Crippen LogP contribution < -0.4 is 10.5 Å². The van der Waals surface area contributed by atoms with E-state index in [0.29, 0.717) is 12.5 Å². The largest absolute Gasteiger partial charge is 0.473 e. The maximum atomic E-state index is 5.43. The summed E-state index contributed by atoms with van der Waals surface area (Å²) in [6.07, 6.45) is 5.48. The van der Waals surface area contributed by atoms with Gasteiger partial charge in [0.05, 0.1) is 0 Å². The highest BCUT2D eigenvalue weighted by Crippen LogP contribution is 2.06. The van der Waals surface area contributed by atoms with Crippen molar-refractivity contribution in [3.63, 3.8) is 0 Å². The molecule has 1 aromatic carbocycles. The van der Waals surface area contributed by atoms with Gasteiger partial charge >= 0.3 is 0 Å². The van der Waals surface area contributed by atoms with Crippen LogP contribution in [-0.2, 0) is 0 Å². The number of nitrogen functional groups attached to an aromatic ring is 1. The lowest BCUT2D eigenvalue weighted by molar-refractivity contribution is 0.349. The fourth-order valence-electron chi connectivity index (χ4n) is 1.32. The van der Waals surface area contributed by atoms with Crippen LogP contribution in [0.4, 0.5) is 5.95 Å². The number of benzene rings is 1. The van der Waals surface area contributed by atoms with Crippen LogP contribution in [-0.4, -0.2) is 16.6 Å². The second-order valence-corrected chi connectivity index (χ2v) is 3.38. The molecule has 0 bridgehead atoms. The first-order valence-electron chi connectivity index (χ1n) is 5.27. The fourth-order valence-corrected chi connectivity index (χ4v) is 1.32. The van der Waals surface area contributed by atoms with E-state index in [1.807, 2.05) is 42.5 Å². The van der Waals surface area contributed by atoms with Crippen molar-refractivity contribution < 1.29 is 4.74 Å². The lowest BCUT2D eigenvalue weighted by Crippen LogP contribution is -1.99. The number of anilines is 1. The Balaban J connectivity index is 1.86. The minimum atomic E-state index is 0.217. The van der Waals surface area contributed by atoms with Crippen molar-refractivity contribution >= 4 is 12.0 Å². The summed E-state index contributed by atoms with van der Waals surface area (Å²) in [7, 11) is 0. The number of nitrogens with zero attached hydrogens (tertiary/aromatic N) is 2. The predicted octanol–water partition coefficient (Wildman–Crippen LogP) is 2.15. The van der Waals surface area contributed by atoms with Gasteiger partial charge in [-0.05, 0) is 11.6 Å². The van der Waals surface area contributed by atoms with Crippen LogP contribution in [0.5, 0.6) is 5.88 Å². The van der Waals surface area contributed by atoms with Gasteiger partial charge in [0.15, 0.2) is 0 Å². The van der Waals surface area contributed by atoms with Crippen molar-refractivity contribution in [2.75, 3.05) is 12.3 Å². The van der Waals surface area contributed by atoms with Gasteiger partial charge in [0.25, 0.3) is 0 Å². The van der Waals surface area contributed by atoms with Crippen LogP contribution in [0.3, 0.4) is 0 Å². The summed E-state index contributed by atoms with van der Waals surface area (Å²) in [5.41, 5.74) is 6.57. The number of hydrogen-bond acceptors (Lipinski definition) is 4. The topological polar surface area (TPSA) is 61.0 Å². The summed E-state index contributed by atoms with van der Waals surface area (Å²) < 4.78 is 5.39. The molecule has 0 radical (unpaired) electrons. The van der Waals surface area contributed by atoms with Crippen molar-refractivity contribution in [1.29, 1.82) is 0 Å². The highest BCUT2D eigenvalue weighted by atomic mass is 16.5. The van der Waals surface area contributed by atoms with E-state index in [4.69, 9.17) is 10.5 Å². The molecule has 1 heterocycles. The molecule has 0 spiro atoms. The molecule has 86 valence electrons. The molecule has 4 nitrogen and oxygen atoms in total. The third kappa shape index (κ3) is 3.61. The Morgan fingerprint density at radius 3 is 2.76 bits per heavy atom. The molecule has 0 saturated carbocycles. The Kier molecular flexibility index (Phi) is 3.70. The zero-order valence-electron chi connectivity index (χ0n) is 9.28. The van der Waals surface area contributed by atoms with Crippen LogP contribution in [0.15, 0.2) is 48.7 Å². The van der Waals surface area contributed by atoms with E-state index >= 15 is 0 Å². The summed E-state index contributed by atoms with van der Waals surface area (Å²) in [6.45, 7) is 0.450. The monoisotopic (exact) mass is 227 g/mol.